The van der Waals surface area contributed by atoms with Gasteiger partial charge >= 0.3 is 0 Å². The first-order chi connectivity index (χ1) is 10.9. The van der Waals surface area contributed by atoms with E-state index < -0.39 is 6.29 Å². The second-order valence-corrected chi connectivity index (χ2v) is 9.53. The van der Waals surface area contributed by atoms with Gasteiger partial charge in [-0.1, -0.05) is 38.3 Å². The van der Waals surface area contributed by atoms with Crippen LogP contribution in [0.25, 0.3) is 0 Å². The molecule has 3 fully saturated rings. The van der Waals surface area contributed by atoms with Gasteiger partial charge in [0.05, 0.1) is 0 Å². The summed E-state index contributed by atoms with van der Waals surface area (Å²) in [7, 11) is 0. The number of allylic oxidation sites excluding steroid dienone is 2. The zero-order valence-electron chi connectivity index (χ0n) is 14.9. The van der Waals surface area contributed by atoms with E-state index in [0.29, 0.717) is 29.1 Å². The van der Waals surface area contributed by atoms with Crippen molar-refractivity contribution in [2.45, 2.75) is 84.3 Å². The summed E-state index contributed by atoms with van der Waals surface area (Å²) < 4.78 is 0. The number of hydrogen-bond donors (Lipinski definition) is 2. The molecular formula is C21H34O2. The van der Waals surface area contributed by atoms with Crippen molar-refractivity contribution in [1.29, 1.82) is 0 Å². The maximum atomic E-state index is 9.49. The number of aliphatic hydroxyl groups is 2. The molecule has 23 heavy (non-hydrogen) atoms. The van der Waals surface area contributed by atoms with Crippen LogP contribution in [0.1, 0.15) is 78.1 Å². The van der Waals surface area contributed by atoms with E-state index in [9.17, 15) is 10.2 Å². The second-order valence-electron chi connectivity index (χ2n) is 9.53. The van der Waals surface area contributed by atoms with Crippen LogP contribution in [0.2, 0.25) is 0 Å². The molecule has 0 bridgehead atoms. The third-order valence-electron chi connectivity index (χ3n) is 8.69. The average molecular weight is 319 g/mol. The fourth-order valence-corrected chi connectivity index (χ4v) is 7.29. The van der Waals surface area contributed by atoms with Crippen LogP contribution in [-0.2, 0) is 0 Å². The lowest BCUT2D eigenvalue weighted by Crippen LogP contribution is -2.48. The molecule has 0 aromatic rings. The topological polar surface area (TPSA) is 40.5 Å². The van der Waals surface area contributed by atoms with Gasteiger partial charge in [-0.25, -0.2) is 0 Å². The molecule has 1 unspecified atom stereocenters. The van der Waals surface area contributed by atoms with Gasteiger partial charge in [0.1, 0.15) is 0 Å². The molecule has 0 amide bonds. The second kappa shape index (κ2) is 5.59. The van der Waals surface area contributed by atoms with E-state index in [-0.39, 0.29) is 0 Å². The predicted octanol–water partition coefficient (Wildman–Crippen LogP) is 4.66. The highest BCUT2D eigenvalue weighted by Gasteiger charge is 2.56. The van der Waals surface area contributed by atoms with Gasteiger partial charge in [-0.05, 0) is 79.4 Å². The largest absolute Gasteiger partial charge is 0.368 e. The first-order valence-electron chi connectivity index (χ1n) is 10.0. The van der Waals surface area contributed by atoms with E-state index in [4.69, 9.17) is 0 Å². The molecule has 0 saturated heterocycles. The summed E-state index contributed by atoms with van der Waals surface area (Å²) in [6.07, 6.45) is 14.2. The Hall–Kier alpha value is -0.340. The van der Waals surface area contributed by atoms with Crippen LogP contribution in [0.15, 0.2) is 11.6 Å². The molecule has 0 radical (unpaired) electrons. The van der Waals surface area contributed by atoms with Crippen LogP contribution >= 0.6 is 0 Å². The van der Waals surface area contributed by atoms with Crippen LogP contribution in [0.3, 0.4) is 0 Å². The van der Waals surface area contributed by atoms with Crippen LogP contribution in [-0.4, -0.2) is 16.5 Å². The number of fused-ring (bicyclic) bond motifs is 5. The Balaban J connectivity index is 1.63. The zero-order chi connectivity index (χ0) is 16.2. The first-order valence-corrected chi connectivity index (χ1v) is 10.0. The van der Waals surface area contributed by atoms with Gasteiger partial charge in [0.2, 0.25) is 0 Å². The Labute approximate surface area is 141 Å². The minimum Gasteiger partial charge on any atom is -0.368 e. The molecule has 0 spiro atoms. The quantitative estimate of drug-likeness (QED) is 0.574. The maximum Gasteiger partial charge on any atom is 0.151 e. The van der Waals surface area contributed by atoms with Crippen molar-refractivity contribution in [2.24, 2.45) is 34.5 Å². The third kappa shape index (κ3) is 2.35. The van der Waals surface area contributed by atoms with E-state index >= 15 is 0 Å². The Bertz CT molecular complexity index is 496. The van der Waals surface area contributed by atoms with Gasteiger partial charge in [0.15, 0.2) is 6.29 Å². The van der Waals surface area contributed by atoms with Crippen LogP contribution in [0.4, 0.5) is 0 Å². The van der Waals surface area contributed by atoms with E-state index in [1.165, 1.54) is 57.8 Å². The molecule has 6 atom stereocenters. The highest BCUT2D eigenvalue weighted by molar-refractivity contribution is 5.27. The highest BCUT2D eigenvalue weighted by atomic mass is 16.5. The number of aliphatic hydroxyl groups excluding tert-OH is 1. The molecule has 2 N–H and O–H groups in total. The summed E-state index contributed by atoms with van der Waals surface area (Å²) in [6, 6.07) is 0. The summed E-state index contributed by atoms with van der Waals surface area (Å²) in [6.45, 7) is 5.05. The molecule has 4 rings (SSSR count). The maximum absolute atomic E-state index is 9.49. The van der Waals surface area contributed by atoms with Crippen molar-refractivity contribution < 1.29 is 10.2 Å². The molecule has 0 aromatic carbocycles. The van der Waals surface area contributed by atoms with Gasteiger partial charge in [-0.3, -0.25) is 0 Å². The monoisotopic (exact) mass is 318 g/mol. The minimum absolute atomic E-state index is 0.309. The van der Waals surface area contributed by atoms with E-state index in [2.05, 4.69) is 19.9 Å². The van der Waals surface area contributed by atoms with Crippen molar-refractivity contribution in [3.8, 4) is 0 Å². The summed E-state index contributed by atoms with van der Waals surface area (Å²) in [5, 5.41) is 19.0. The van der Waals surface area contributed by atoms with Gasteiger partial charge in [-0.15, -0.1) is 0 Å². The van der Waals surface area contributed by atoms with E-state index in [1.807, 2.05) is 0 Å². The summed E-state index contributed by atoms with van der Waals surface area (Å²) in [5.74, 6) is 2.94. The molecule has 2 heteroatoms. The SMILES string of the molecule is C[C@]12CC[C@H]3C(=CCC4CCCC[C@@]43C)[C@@H]1CC[C@@H]2CC(O)O. The average Bonchev–Trinajstić information content (AvgIpc) is 2.83. The number of hydrogen-bond acceptors (Lipinski definition) is 2. The van der Waals surface area contributed by atoms with Crippen molar-refractivity contribution in [3.05, 3.63) is 11.6 Å². The van der Waals surface area contributed by atoms with Crippen molar-refractivity contribution in [3.63, 3.8) is 0 Å². The fraction of sp³-hybridized carbons (Fsp3) is 0.905. The van der Waals surface area contributed by atoms with Crippen molar-refractivity contribution in [2.75, 3.05) is 0 Å². The van der Waals surface area contributed by atoms with Crippen LogP contribution in [0.5, 0.6) is 0 Å². The normalized spacial score (nSPS) is 49.3. The highest BCUT2D eigenvalue weighted by Crippen LogP contribution is 2.66. The van der Waals surface area contributed by atoms with Crippen molar-refractivity contribution >= 4 is 0 Å². The van der Waals surface area contributed by atoms with E-state index in [0.717, 1.165) is 11.8 Å². The fourth-order valence-electron chi connectivity index (χ4n) is 7.29. The molecule has 4 aliphatic rings. The Kier molecular flexibility index (Phi) is 3.93. The van der Waals surface area contributed by atoms with Gasteiger partial charge in [-0.2, -0.15) is 0 Å². The first kappa shape index (κ1) is 16.1. The van der Waals surface area contributed by atoms with Crippen LogP contribution < -0.4 is 0 Å². The Morgan fingerprint density at radius 3 is 2.57 bits per heavy atom. The lowest BCUT2D eigenvalue weighted by molar-refractivity contribution is -0.0739. The lowest BCUT2D eigenvalue weighted by Gasteiger charge is -2.57. The molecule has 3 saturated carbocycles. The molecule has 0 aromatic heterocycles. The smallest absolute Gasteiger partial charge is 0.151 e. The molecule has 130 valence electrons. The molecular weight excluding hydrogens is 284 g/mol. The molecule has 2 nitrogen and oxygen atoms in total. The molecule has 0 heterocycles. The van der Waals surface area contributed by atoms with Gasteiger partial charge in [0, 0.05) is 6.42 Å². The Morgan fingerprint density at radius 1 is 1.00 bits per heavy atom. The minimum atomic E-state index is -1.13. The third-order valence-corrected chi connectivity index (χ3v) is 8.69. The lowest BCUT2D eigenvalue weighted by atomic mass is 9.48. The Morgan fingerprint density at radius 2 is 1.78 bits per heavy atom. The summed E-state index contributed by atoms with van der Waals surface area (Å²) in [4.78, 5) is 0. The van der Waals surface area contributed by atoms with Gasteiger partial charge < -0.3 is 10.2 Å². The summed E-state index contributed by atoms with van der Waals surface area (Å²) in [5.41, 5.74) is 2.65. The summed E-state index contributed by atoms with van der Waals surface area (Å²) >= 11 is 0. The van der Waals surface area contributed by atoms with Gasteiger partial charge in [0.25, 0.3) is 0 Å². The molecule has 4 aliphatic carbocycles. The van der Waals surface area contributed by atoms with Crippen LogP contribution in [0, 0.1) is 34.5 Å². The van der Waals surface area contributed by atoms with Crippen molar-refractivity contribution in [1.82, 2.24) is 0 Å². The zero-order valence-corrected chi connectivity index (χ0v) is 14.9. The predicted molar refractivity (Wildman–Crippen MR) is 92.7 cm³/mol. The van der Waals surface area contributed by atoms with E-state index in [1.54, 1.807) is 5.57 Å². The molecule has 0 aliphatic heterocycles. The standard InChI is InChI=1S/C21H34O2/c1-20-11-4-3-5-14(20)6-8-16-17-9-7-15(13-19(22)23)21(17,2)12-10-18(16)20/h8,14-15,17-19,22-23H,3-7,9-13H2,1-2H3/t14?,15-,17+,18+,20+,21-/m1/s1. The number of rotatable bonds is 2.